The molecule has 214 valence electrons. The lowest BCUT2D eigenvalue weighted by molar-refractivity contribution is -0.274. The first-order chi connectivity index (χ1) is 18.7. The van der Waals surface area contributed by atoms with Gasteiger partial charge in [0, 0.05) is 43.0 Å². The maximum absolute atomic E-state index is 12.4. The number of alkyl halides is 3. The fraction of sp³-hybridized carbons (Fsp3) is 0.542. The van der Waals surface area contributed by atoms with Crippen LogP contribution >= 0.6 is 0 Å². The van der Waals surface area contributed by atoms with Crippen LogP contribution in [0.4, 0.5) is 35.4 Å². The van der Waals surface area contributed by atoms with Crippen LogP contribution in [0.1, 0.15) is 37.7 Å². The van der Waals surface area contributed by atoms with Gasteiger partial charge in [-0.3, -0.25) is 0 Å². The number of rotatable bonds is 7. The summed E-state index contributed by atoms with van der Waals surface area (Å²) in [5.74, 6) is 0.244. The Hall–Kier alpha value is -3.72. The molecule has 1 aliphatic heterocycles. The van der Waals surface area contributed by atoms with Crippen LogP contribution in [0, 0.1) is 4.91 Å². The van der Waals surface area contributed by atoms with Crippen LogP contribution in [0.5, 0.6) is 11.5 Å². The number of anilines is 2. The van der Waals surface area contributed by atoms with Crippen molar-refractivity contribution in [1.82, 2.24) is 15.3 Å². The zero-order chi connectivity index (χ0) is 28.3. The van der Waals surface area contributed by atoms with Crippen molar-refractivity contribution in [3.8, 4) is 11.5 Å². The van der Waals surface area contributed by atoms with Crippen molar-refractivity contribution in [3.05, 3.63) is 34.9 Å². The Bertz CT molecular complexity index is 1090. The maximum Gasteiger partial charge on any atom is 0.573 e. The SMILES string of the molecule is COc1c(CO)cc(OC(F)(F)F)cc1NC(=O)NC1CCCCC1.O=Nc1ccnc(N2CCOCC2)n1. The van der Waals surface area contributed by atoms with E-state index >= 15 is 0 Å². The number of amides is 2. The van der Waals surface area contributed by atoms with Gasteiger partial charge in [-0.2, -0.15) is 4.98 Å². The highest BCUT2D eigenvalue weighted by molar-refractivity contribution is 5.91. The molecule has 39 heavy (non-hydrogen) atoms. The summed E-state index contributed by atoms with van der Waals surface area (Å²) in [5.41, 5.74) is 0.0545. The number of hydrogen-bond acceptors (Lipinski definition) is 10. The molecule has 0 unspecified atom stereocenters. The van der Waals surface area contributed by atoms with E-state index in [1.54, 1.807) is 0 Å². The Morgan fingerprint density at radius 1 is 1.23 bits per heavy atom. The molecule has 1 aliphatic carbocycles. The van der Waals surface area contributed by atoms with E-state index in [1.807, 2.05) is 4.90 Å². The quantitative estimate of drug-likeness (QED) is 0.426. The van der Waals surface area contributed by atoms with Crippen molar-refractivity contribution in [1.29, 1.82) is 0 Å². The molecule has 0 radical (unpaired) electrons. The normalized spacial score (nSPS) is 16.0. The van der Waals surface area contributed by atoms with E-state index in [0.29, 0.717) is 19.2 Å². The number of benzene rings is 1. The first-order valence-electron chi connectivity index (χ1n) is 12.4. The van der Waals surface area contributed by atoms with Crippen LogP contribution in [-0.2, 0) is 11.3 Å². The van der Waals surface area contributed by atoms with Crippen molar-refractivity contribution in [2.45, 2.75) is 51.1 Å². The first kappa shape index (κ1) is 29.8. The van der Waals surface area contributed by atoms with Crippen LogP contribution in [0.3, 0.4) is 0 Å². The number of methoxy groups -OCH3 is 1. The average molecular weight is 557 g/mol. The fourth-order valence-electron chi connectivity index (χ4n) is 4.20. The Labute approximate surface area is 222 Å². The van der Waals surface area contributed by atoms with Gasteiger partial charge in [-0.1, -0.05) is 19.3 Å². The largest absolute Gasteiger partial charge is 0.573 e. The van der Waals surface area contributed by atoms with E-state index in [4.69, 9.17) is 9.47 Å². The zero-order valence-corrected chi connectivity index (χ0v) is 21.4. The highest BCUT2D eigenvalue weighted by atomic mass is 19.4. The van der Waals surface area contributed by atoms with Gasteiger partial charge in [0.15, 0.2) is 0 Å². The molecule has 1 aromatic carbocycles. The molecule has 0 spiro atoms. The first-order valence-corrected chi connectivity index (χ1v) is 12.4. The third-order valence-corrected chi connectivity index (χ3v) is 5.95. The molecule has 3 N–H and O–H groups in total. The van der Waals surface area contributed by atoms with E-state index in [2.05, 4.69) is 30.5 Å². The molecule has 2 fully saturated rings. The van der Waals surface area contributed by atoms with Crippen LogP contribution in [0.2, 0.25) is 0 Å². The van der Waals surface area contributed by atoms with Gasteiger partial charge in [0.1, 0.15) is 11.5 Å². The maximum atomic E-state index is 12.4. The molecule has 2 aromatic rings. The Morgan fingerprint density at radius 3 is 2.56 bits per heavy atom. The smallest absolute Gasteiger partial charge is 0.494 e. The van der Waals surface area contributed by atoms with Gasteiger partial charge < -0.3 is 34.9 Å². The van der Waals surface area contributed by atoms with Gasteiger partial charge in [-0.15, -0.1) is 18.1 Å². The Kier molecular flexibility index (Phi) is 11.0. The standard InChI is InChI=1S/C16H21F3N2O4.C8H10N4O2/c1-24-14-10(9-22)7-12(25-16(17,18)19)8-13(14)21-15(23)20-11-5-3-2-4-6-11;13-11-7-1-2-9-8(10-7)12-3-5-14-6-4-12/h7-8,11,22H,2-6,9H2,1H3,(H2,20,21,23);1-2H,3-6H2. The molecule has 1 saturated carbocycles. The Balaban J connectivity index is 0.000000252. The zero-order valence-electron chi connectivity index (χ0n) is 21.4. The predicted molar refractivity (Wildman–Crippen MR) is 135 cm³/mol. The number of carbonyl (C=O) groups excluding carboxylic acids is 1. The second kappa shape index (κ2) is 14.4. The van der Waals surface area contributed by atoms with Gasteiger partial charge in [0.05, 0.1) is 32.6 Å². The summed E-state index contributed by atoms with van der Waals surface area (Å²) in [6.45, 7) is 2.27. The number of morpholine rings is 1. The van der Waals surface area contributed by atoms with Crippen LogP contribution < -0.4 is 25.0 Å². The van der Waals surface area contributed by atoms with Crippen molar-refractivity contribution in [2.24, 2.45) is 5.18 Å². The lowest BCUT2D eigenvalue weighted by Crippen LogP contribution is -2.39. The van der Waals surface area contributed by atoms with Crippen LogP contribution in [-0.4, -0.2) is 66.9 Å². The number of aliphatic hydroxyl groups is 1. The van der Waals surface area contributed by atoms with E-state index in [1.165, 1.54) is 19.4 Å². The number of nitrogens with one attached hydrogen (secondary N) is 2. The number of carbonyl (C=O) groups is 1. The van der Waals surface area contributed by atoms with Crippen molar-refractivity contribution in [2.75, 3.05) is 43.6 Å². The van der Waals surface area contributed by atoms with Gasteiger partial charge in [-0.25, -0.2) is 9.78 Å². The topological polar surface area (TPSA) is 148 Å². The number of urea groups is 1. The summed E-state index contributed by atoms with van der Waals surface area (Å²) >= 11 is 0. The van der Waals surface area contributed by atoms with Gasteiger partial charge >= 0.3 is 12.4 Å². The summed E-state index contributed by atoms with van der Waals surface area (Å²) in [4.78, 5) is 32.4. The number of hydrogen-bond donors (Lipinski definition) is 3. The van der Waals surface area contributed by atoms with Crippen molar-refractivity contribution >= 4 is 23.5 Å². The third-order valence-electron chi connectivity index (χ3n) is 5.95. The summed E-state index contributed by atoms with van der Waals surface area (Å²) in [7, 11) is 1.29. The molecule has 12 nitrogen and oxygen atoms in total. The molecule has 1 saturated heterocycles. The van der Waals surface area contributed by atoms with Gasteiger partial charge in [0.25, 0.3) is 0 Å². The molecule has 2 heterocycles. The van der Waals surface area contributed by atoms with Crippen LogP contribution in [0.25, 0.3) is 0 Å². The summed E-state index contributed by atoms with van der Waals surface area (Å²) in [5, 5.41) is 17.4. The molecule has 4 rings (SSSR count). The predicted octanol–water partition coefficient (Wildman–Crippen LogP) is 4.25. The minimum atomic E-state index is -4.89. The van der Waals surface area contributed by atoms with Gasteiger partial charge in [-0.05, 0) is 24.1 Å². The highest BCUT2D eigenvalue weighted by Gasteiger charge is 2.32. The number of nitroso groups, excluding NO2 is 1. The molecule has 0 bridgehead atoms. The van der Waals surface area contributed by atoms with E-state index < -0.39 is 24.7 Å². The van der Waals surface area contributed by atoms with Crippen molar-refractivity contribution < 1.29 is 37.3 Å². The average Bonchev–Trinajstić information content (AvgIpc) is 2.93. The van der Waals surface area contributed by atoms with E-state index in [-0.39, 0.29) is 28.9 Å². The fourth-order valence-corrected chi connectivity index (χ4v) is 4.20. The highest BCUT2D eigenvalue weighted by Crippen LogP contribution is 2.36. The van der Waals surface area contributed by atoms with E-state index in [9.17, 15) is 28.0 Å². The number of ether oxygens (including phenoxy) is 3. The molecule has 0 atom stereocenters. The second-order valence-corrected chi connectivity index (χ2v) is 8.71. The lowest BCUT2D eigenvalue weighted by Gasteiger charge is -2.26. The molecule has 15 heteroatoms. The van der Waals surface area contributed by atoms with Crippen LogP contribution in [0.15, 0.2) is 29.6 Å². The minimum Gasteiger partial charge on any atom is -0.494 e. The number of nitrogens with zero attached hydrogens (tertiary/aromatic N) is 4. The number of aliphatic hydroxyl groups excluding tert-OH is 1. The monoisotopic (exact) mass is 556 g/mol. The summed E-state index contributed by atoms with van der Waals surface area (Å²) < 4.78 is 51.5. The van der Waals surface area contributed by atoms with E-state index in [0.717, 1.165) is 57.3 Å². The second-order valence-electron chi connectivity index (χ2n) is 8.71. The molecule has 2 aliphatic rings. The number of halogens is 3. The van der Waals surface area contributed by atoms with Gasteiger partial charge in [0.2, 0.25) is 11.8 Å². The molecule has 1 aromatic heterocycles. The van der Waals surface area contributed by atoms with Crippen molar-refractivity contribution in [3.63, 3.8) is 0 Å². The lowest BCUT2D eigenvalue weighted by atomic mass is 9.96. The minimum absolute atomic E-state index is 0.0124. The third kappa shape index (κ3) is 9.51. The summed E-state index contributed by atoms with van der Waals surface area (Å²) in [6, 6.07) is 2.99. The Morgan fingerprint density at radius 2 is 1.95 bits per heavy atom. The molecular formula is C24H31F3N6O6. The molecule has 2 amide bonds. The number of aromatic nitrogens is 2. The summed E-state index contributed by atoms with van der Waals surface area (Å²) in [6.07, 6.45) is 1.56. The molecular weight excluding hydrogens is 525 g/mol.